The van der Waals surface area contributed by atoms with Crippen LogP contribution in [0.1, 0.15) is 98.0 Å². The normalized spacial score (nSPS) is 11.3. The van der Waals surface area contributed by atoms with Crippen molar-refractivity contribution in [1.82, 2.24) is 9.55 Å². The fourth-order valence-corrected chi connectivity index (χ4v) is 6.56. The van der Waals surface area contributed by atoms with E-state index in [0.717, 1.165) is 51.0 Å². The van der Waals surface area contributed by atoms with Gasteiger partial charge in [0.25, 0.3) is 0 Å². The first-order chi connectivity index (χ1) is 33.3. The summed E-state index contributed by atoms with van der Waals surface area (Å²) < 4.78 is 1.96. The summed E-state index contributed by atoms with van der Waals surface area (Å²) in [6.07, 6.45) is 9.00. The number of hydrogen-bond donors (Lipinski definition) is 3. The Bertz CT molecular complexity index is 2670. The molecule has 1 aliphatic heterocycles. The van der Waals surface area contributed by atoms with Crippen LogP contribution in [0.2, 0.25) is 0 Å². The van der Waals surface area contributed by atoms with E-state index < -0.39 is 0 Å². The Labute approximate surface area is 413 Å². The Balaban J connectivity index is 0.000000380. The molecule has 0 unspecified atom stereocenters. The van der Waals surface area contributed by atoms with Crippen LogP contribution in [0, 0.1) is 20.8 Å². The predicted molar refractivity (Wildman–Crippen MR) is 298 cm³/mol. The molecule has 69 heavy (non-hydrogen) atoms. The van der Waals surface area contributed by atoms with Gasteiger partial charge in [0.15, 0.2) is 11.2 Å². The third-order valence-corrected chi connectivity index (χ3v) is 10.3. The Morgan fingerprint density at radius 3 is 1.80 bits per heavy atom. The summed E-state index contributed by atoms with van der Waals surface area (Å²) in [5, 5.41) is 16.4. The average Bonchev–Trinajstić information content (AvgIpc) is 3.54. The minimum absolute atomic E-state index is 0.0409. The molecule has 0 fully saturated rings. The molecular weight excluding hydrogens is 853 g/mol. The Morgan fingerprint density at radius 1 is 0.783 bits per heavy atom. The summed E-state index contributed by atoms with van der Waals surface area (Å²) >= 11 is 0. The van der Waals surface area contributed by atoms with Crippen LogP contribution in [0.3, 0.4) is 0 Å². The number of aryl methyl sites for hydroxylation is 3. The second-order valence-electron chi connectivity index (χ2n) is 15.4. The van der Waals surface area contributed by atoms with Gasteiger partial charge in [-0.25, -0.2) is 9.98 Å². The number of aliphatic hydroxyl groups is 1. The second-order valence-corrected chi connectivity index (χ2v) is 15.4. The molecule has 0 bridgehead atoms. The number of aliphatic hydroxyl groups excluding tert-OH is 1. The largest absolute Gasteiger partial charge is 0.392 e. The van der Waals surface area contributed by atoms with Crippen LogP contribution in [0.4, 0.5) is 34.5 Å². The average molecular weight is 929 g/mol. The van der Waals surface area contributed by atoms with E-state index in [1.54, 1.807) is 25.1 Å². The van der Waals surface area contributed by atoms with Crippen LogP contribution in [-0.4, -0.2) is 32.8 Å². The van der Waals surface area contributed by atoms with Crippen LogP contribution >= 0.6 is 0 Å². The number of benzene rings is 4. The van der Waals surface area contributed by atoms with Gasteiger partial charge in [0, 0.05) is 51.9 Å². The van der Waals surface area contributed by atoms with Gasteiger partial charge in [-0.3, -0.25) is 19.1 Å². The highest BCUT2D eigenvalue weighted by Crippen LogP contribution is 2.33. The van der Waals surface area contributed by atoms with Crippen molar-refractivity contribution >= 4 is 46.0 Å². The lowest BCUT2D eigenvalue weighted by Gasteiger charge is -2.29. The zero-order chi connectivity index (χ0) is 51.3. The van der Waals surface area contributed by atoms with Crippen LogP contribution < -0.4 is 21.0 Å². The second kappa shape index (κ2) is 31.6. The fraction of sp³-hybridized carbons (Fsp3) is 0.267. The van der Waals surface area contributed by atoms with Crippen molar-refractivity contribution in [2.45, 2.75) is 103 Å². The molecule has 4 aromatic carbocycles. The van der Waals surface area contributed by atoms with Crippen molar-refractivity contribution in [2.24, 2.45) is 4.99 Å². The van der Waals surface area contributed by atoms with Gasteiger partial charge in [0.05, 0.1) is 6.61 Å². The molecule has 0 spiro atoms. The summed E-state index contributed by atoms with van der Waals surface area (Å²) in [4.78, 5) is 36.5. The van der Waals surface area contributed by atoms with Gasteiger partial charge in [-0.1, -0.05) is 137 Å². The molecular formula is C60H76N6O3. The Morgan fingerprint density at radius 2 is 1.30 bits per heavy atom. The Kier molecular flexibility index (Phi) is 26.4. The van der Waals surface area contributed by atoms with Crippen molar-refractivity contribution in [2.75, 3.05) is 22.1 Å². The molecule has 6 aromatic rings. The van der Waals surface area contributed by atoms with Gasteiger partial charge in [0.1, 0.15) is 23.3 Å². The van der Waals surface area contributed by atoms with Gasteiger partial charge < -0.3 is 15.7 Å². The number of hydrogen-bond acceptors (Lipinski definition) is 8. The van der Waals surface area contributed by atoms with Crippen LogP contribution in [-0.2, 0) is 11.2 Å². The minimum atomic E-state index is -0.0992. The van der Waals surface area contributed by atoms with E-state index in [4.69, 9.17) is 9.98 Å². The summed E-state index contributed by atoms with van der Waals surface area (Å²) in [6.45, 7) is 29.0. The number of nitrogens with zero attached hydrogens (tertiary/aromatic N) is 4. The third-order valence-electron chi connectivity index (χ3n) is 10.3. The highest BCUT2D eigenvalue weighted by Gasteiger charge is 2.21. The van der Waals surface area contributed by atoms with E-state index in [0.29, 0.717) is 35.2 Å². The maximum Gasteiger partial charge on any atom is 0.189 e. The fourth-order valence-electron chi connectivity index (χ4n) is 6.56. The molecule has 2 aromatic heterocycles. The van der Waals surface area contributed by atoms with Gasteiger partial charge in [-0.05, 0) is 133 Å². The minimum Gasteiger partial charge on any atom is -0.392 e. The molecule has 0 radical (unpaired) electrons. The number of anilines is 5. The van der Waals surface area contributed by atoms with Gasteiger partial charge in [-0.2, -0.15) is 0 Å². The topological polar surface area (TPSA) is 112 Å². The van der Waals surface area contributed by atoms with Crippen molar-refractivity contribution in [3.8, 4) is 5.69 Å². The SMILES string of the molecule is C/C=C(\C)CC.C=CC.CC.CC.CC(=O)/C=C(/Nc1ccccc1)N(c1ccccc1)c1nc(C)c(C)cc1C.CC1=Nc2c(c(=O)cc(Nc3ccccc3)n2-c2ccccc2)CC=C1CO. The van der Waals surface area contributed by atoms with E-state index in [2.05, 4.69) is 57.0 Å². The molecule has 0 saturated heterocycles. The molecule has 1 aliphatic rings. The summed E-state index contributed by atoms with van der Waals surface area (Å²) in [5.74, 6) is 2.65. The number of rotatable bonds is 11. The first-order valence-corrected chi connectivity index (χ1v) is 23.9. The maximum atomic E-state index is 12.9. The first-order valence-electron chi connectivity index (χ1n) is 23.9. The quantitative estimate of drug-likeness (QED) is 0.0876. The van der Waals surface area contributed by atoms with Gasteiger partial charge in [-0.15, -0.1) is 6.58 Å². The molecule has 9 heteroatoms. The predicted octanol–water partition coefficient (Wildman–Crippen LogP) is 15.4. The van der Waals surface area contributed by atoms with E-state index >= 15 is 0 Å². The summed E-state index contributed by atoms with van der Waals surface area (Å²) in [5.41, 5.74) is 10.2. The van der Waals surface area contributed by atoms with Crippen molar-refractivity contribution < 1.29 is 9.90 Å². The number of pyridine rings is 2. The smallest absolute Gasteiger partial charge is 0.189 e. The highest BCUT2D eigenvalue weighted by molar-refractivity contribution is 6.00. The lowest BCUT2D eigenvalue weighted by atomic mass is 10.1. The van der Waals surface area contributed by atoms with Crippen molar-refractivity contribution in [3.63, 3.8) is 0 Å². The molecule has 0 aliphatic carbocycles. The molecule has 3 heterocycles. The van der Waals surface area contributed by atoms with Crippen LogP contribution in [0.25, 0.3) is 5.69 Å². The lowest BCUT2D eigenvalue weighted by molar-refractivity contribution is -0.112. The van der Waals surface area contributed by atoms with Crippen LogP contribution in [0.15, 0.2) is 191 Å². The number of allylic oxidation sites excluding steroid dienone is 5. The van der Waals surface area contributed by atoms with Gasteiger partial charge in [0.2, 0.25) is 0 Å². The van der Waals surface area contributed by atoms with E-state index in [1.807, 2.05) is 192 Å². The molecule has 0 amide bonds. The number of aliphatic imine (C=N–C) groups is 1. The molecule has 0 saturated carbocycles. The highest BCUT2D eigenvalue weighted by atomic mass is 16.3. The monoisotopic (exact) mass is 929 g/mol. The molecule has 364 valence electrons. The summed E-state index contributed by atoms with van der Waals surface area (Å²) in [7, 11) is 0. The number of carbonyl (C=O) groups is 1. The molecule has 9 nitrogen and oxygen atoms in total. The van der Waals surface area contributed by atoms with Crippen molar-refractivity contribution in [1.29, 1.82) is 0 Å². The maximum absolute atomic E-state index is 12.9. The van der Waals surface area contributed by atoms with Gasteiger partial charge >= 0.3 is 0 Å². The molecule has 0 atom stereocenters. The van der Waals surface area contributed by atoms with E-state index in [1.165, 1.54) is 12.0 Å². The van der Waals surface area contributed by atoms with Crippen molar-refractivity contribution in [3.05, 3.63) is 214 Å². The number of para-hydroxylation sites is 4. The number of carbonyl (C=O) groups excluding carboxylic acids is 1. The number of aromatic nitrogens is 2. The number of nitrogens with one attached hydrogen (secondary N) is 2. The number of fused-ring (bicyclic) bond motifs is 1. The standard InChI is InChI=1S/C24H25N3O.C23H21N3O2.C6H12.C3H6.2C2H6/c1-17-15-18(2)24(25-20(17)4)27(22-13-9-6-10-14-22)23(16-19(3)28)26-21-11-7-5-8-12-21;1-16-17(15-27)12-13-20-21(28)14-22(25-18-8-4-2-5-9-18)26(23(20)24-16)19-10-6-3-7-11-19;1-4-6(3)5-2;1-3-2;2*1-2/h5-16,26H,1-4H3;2-12,14,25,27H,13,15H2,1H3;4H,5H2,1-3H3;3H,1H2,2H3;2*1-2H3/b23-16-;;6-4+;;;. The number of ketones is 1. The first kappa shape index (κ1) is 57.8. The summed E-state index contributed by atoms with van der Waals surface area (Å²) in [6, 6.07) is 43.1. The third kappa shape index (κ3) is 18.0. The Hall–Kier alpha value is -7.36. The van der Waals surface area contributed by atoms with E-state index in [9.17, 15) is 14.7 Å². The molecule has 7 rings (SSSR count). The zero-order valence-electron chi connectivity index (χ0n) is 43.4. The molecule has 3 N–H and O–H groups in total. The zero-order valence-corrected chi connectivity index (χ0v) is 43.4. The van der Waals surface area contributed by atoms with Crippen LogP contribution in [0.5, 0.6) is 0 Å². The van der Waals surface area contributed by atoms with E-state index in [-0.39, 0.29) is 17.8 Å². The lowest BCUT2D eigenvalue weighted by Crippen LogP contribution is -2.25.